The lowest BCUT2D eigenvalue weighted by Gasteiger charge is -2.32. The number of piperidine rings is 1. The minimum absolute atomic E-state index is 0.0103. The molecule has 2 aliphatic rings. The fourth-order valence-electron chi connectivity index (χ4n) is 4.66. The number of likely N-dealkylation sites (tertiary alicyclic amines) is 2. The number of para-hydroxylation sites is 2. The van der Waals surface area contributed by atoms with Crippen LogP contribution < -0.4 is 5.32 Å². The summed E-state index contributed by atoms with van der Waals surface area (Å²) in [4.78, 5) is 33.3. The second-order valence-corrected chi connectivity index (χ2v) is 8.68. The third-order valence-electron chi connectivity index (χ3n) is 6.37. The van der Waals surface area contributed by atoms with Crippen molar-refractivity contribution in [1.29, 1.82) is 0 Å². The van der Waals surface area contributed by atoms with E-state index >= 15 is 0 Å². The van der Waals surface area contributed by atoms with Crippen LogP contribution in [0.15, 0.2) is 24.3 Å². The van der Waals surface area contributed by atoms with Crippen LogP contribution in [0.25, 0.3) is 11.0 Å². The predicted molar refractivity (Wildman–Crippen MR) is 113 cm³/mol. The second-order valence-electron chi connectivity index (χ2n) is 8.68. The standard InChI is InChI=1S/C22H31N5O2/c1-15(2)27-14-16(12-20(27)28)13-23-22(29)26-10-8-17(9-11-26)21-24-18-6-4-5-7-19(18)25(21)3/h4-7,15-17H,8-14H2,1-3H3,(H,23,29)/t16-/m1/s1. The summed E-state index contributed by atoms with van der Waals surface area (Å²) in [6, 6.07) is 8.43. The molecule has 0 aliphatic carbocycles. The molecule has 1 aromatic heterocycles. The van der Waals surface area contributed by atoms with E-state index in [1.165, 1.54) is 0 Å². The normalized spacial score (nSPS) is 20.8. The average Bonchev–Trinajstić information content (AvgIpc) is 3.26. The number of hydrogen-bond donors (Lipinski definition) is 1. The van der Waals surface area contributed by atoms with Gasteiger partial charge in [-0.2, -0.15) is 0 Å². The Bertz CT molecular complexity index is 898. The fraction of sp³-hybridized carbons (Fsp3) is 0.591. The number of urea groups is 1. The summed E-state index contributed by atoms with van der Waals surface area (Å²) in [5.74, 6) is 1.90. The lowest BCUT2D eigenvalue weighted by molar-refractivity contribution is -0.129. The molecule has 156 valence electrons. The highest BCUT2D eigenvalue weighted by atomic mass is 16.2. The zero-order chi connectivity index (χ0) is 20.5. The van der Waals surface area contributed by atoms with Crippen molar-refractivity contribution in [3.8, 4) is 0 Å². The van der Waals surface area contributed by atoms with E-state index in [0.29, 0.717) is 18.9 Å². The van der Waals surface area contributed by atoms with Gasteiger partial charge in [-0.3, -0.25) is 4.79 Å². The van der Waals surface area contributed by atoms with E-state index in [9.17, 15) is 9.59 Å². The first-order valence-electron chi connectivity index (χ1n) is 10.7. The number of aryl methyl sites for hydroxylation is 1. The van der Waals surface area contributed by atoms with Crippen LogP contribution >= 0.6 is 0 Å². The molecule has 0 saturated carbocycles. The number of rotatable bonds is 4. The van der Waals surface area contributed by atoms with Crippen molar-refractivity contribution < 1.29 is 9.59 Å². The molecule has 0 spiro atoms. The summed E-state index contributed by atoms with van der Waals surface area (Å²) in [5.41, 5.74) is 2.19. The number of hydrogen-bond acceptors (Lipinski definition) is 3. The summed E-state index contributed by atoms with van der Waals surface area (Å²) in [6.07, 6.45) is 2.38. The van der Waals surface area contributed by atoms with Gasteiger partial charge < -0.3 is 19.7 Å². The van der Waals surface area contributed by atoms with Crippen LogP contribution in [0.5, 0.6) is 0 Å². The highest BCUT2D eigenvalue weighted by Gasteiger charge is 2.32. The van der Waals surface area contributed by atoms with Crippen molar-refractivity contribution >= 4 is 23.0 Å². The number of carbonyl (C=O) groups is 2. The molecule has 29 heavy (non-hydrogen) atoms. The van der Waals surface area contributed by atoms with Crippen molar-refractivity contribution in [2.24, 2.45) is 13.0 Å². The van der Waals surface area contributed by atoms with Gasteiger partial charge >= 0.3 is 6.03 Å². The average molecular weight is 398 g/mol. The highest BCUT2D eigenvalue weighted by molar-refractivity contribution is 5.79. The zero-order valence-corrected chi connectivity index (χ0v) is 17.6. The Hall–Kier alpha value is -2.57. The van der Waals surface area contributed by atoms with Crippen LogP contribution in [-0.4, -0.2) is 63.5 Å². The Morgan fingerprint density at radius 1 is 1.24 bits per heavy atom. The van der Waals surface area contributed by atoms with E-state index in [-0.39, 0.29) is 23.9 Å². The molecule has 1 N–H and O–H groups in total. The van der Waals surface area contributed by atoms with Crippen LogP contribution in [0.4, 0.5) is 4.79 Å². The zero-order valence-electron chi connectivity index (χ0n) is 17.6. The second kappa shape index (κ2) is 8.05. The maximum Gasteiger partial charge on any atom is 0.317 e. The molecule has 7 heteroatoms. The van der Waals surface area contributed by atoms with Crippen molar-refractivity contribution in [1.82, 2.24) is 24.7 Å². The van der Waals surface area contributed by atoms with Gasteiger partial charge in [0.1, 0.15) is 5.82 Å². The molecule has 3 heterocycles. The third kappa shape index (κ3) is 3.95. The number of benzene rings is 1. The SMILES string of the molecule is CC(C)N1C[C@@H](CNC(=O)N2CCC(c3nc4ccccc4n3C)CC2)CC1=O. The molecular formula is C22H31N5O2. The van der Waals surface area contributed by atoms with Crippen LogP contribution in [0.2, 0.25) is 0 Å². The van der Waals surface area contributed by atoms with Crippen molar-refractivity contribution in [3.05, 3.63) is 30.1 Å². The molecular weight excluding hydrogens is 366 g/mol. The Balaban J connectivity index is 1.29. The molecule has 0 unspecified atom stereocenters. The molecule has 4 rings (SSSR count). The van der Waals surface area contributed by atoms with Crippen molar-refractivity contribution in [2.75, 3.05) is 26.2 Å². The van der Waals surface area contributed by atoms with Crippen LogP contribution in [-0.2, 0) is 11.8 Å². The van der Waals surface area contributed by atoms with Gasteiger partial charge in [0.15, 0.2) is 0 Å². The number of imidazole rings is 1. The van der Waals surface area contributed by atoms with Crippen LogP contribution in [0.3, 0.4) is 0 Å². The van der Waals surface area contributed by atoms with Gasteiger partial charge in [0.2, 0.25) is 5.91 Å². The maximum absolute atomic E-state index is 12.6. The number of aromatic nitrogens is 2. The molecule has 2 fully saturated rings. The first-order chi connectivity index (χ1) is 13.9. The van der Waals surface area contributed by atoms with E-state index in [2.05, 4.69) is 29.1 Å². The number of nitrogens with one attached hydrogen (secondary N) is 1. The molecule has 0 radical (unpaired) electrons. The Morgan fingerprint density at radius 3 is 2.62 bits per heavy atom. The molecule has 2 aromatic rings. The lowest BCUT2D eigenvalue weighted by atomic mass is 9.96. The van der Waals surface area contributed by atoms with Crippen LogP contribution in [0.1, 0.15) is 44.9 Å². The Kier molecular flexibility index (Phi) is 5.48. The summed E-state index contributed by atoms with van der Waals surface area (Å²) >= 11 is 0. The molecule has 0 bridgehead atoms. The quantitative estimate of drug-likeness (QED) is 0.862. The minimum atomic E-state index is -0.0103. The van der Waals surface area contributed by atoms with Gasteiger partial charge in [-0.15, -0.1) is 0 Å². The van der Waals surface area contributed by atoms with Crippen LogP contribution in [0, 0.1) is 5.92 Å². The first-order valence-corrected chi connectivity index (χ1v) is 10.7. The number of carbonyl (C=O) groups excluding carboxylic acids is 2. The smallest absolute Gasteiger partial charge is 0.317 e. The van der Waals surface area contributed by atoms with E-state index in [0.717, 1.165) is 49.3 Å². The molecule has 2 saturated heterocycles. The van der Waals surface area contributed by atoms with Gasteiger partial charge in [-0.05, 0) is 38.8 Å². The molecule has 1 aromatic carbocycles. The number of fused-ring (bicyclic) bond motifs is 1. The molecule has 1 atom stereocenters. The summed E-state index contributed by atoms with van der Waals surface area (Å²) in [7, 11) is 2.08. The summed E-state index contributed by atoms with van der Waals surface area (Å²) in [6.45, 7) is 6.86. The molecule has 7 nitrogen and oxygen atoms in total. The topological polar surface area (TPSA) is 70.5 Å². The van der Waals surface area contributed by atoms with Crippen molar-refractivity contribution in [2.45, 2.75) is 45.1 Å². The Morgan fingerprint density at radius 2 is 1.97 bits per heavy atom. The van der Waals surface area contributed by atoms with Gasteiger partial charge in [0.25, 0.3) is 0 Å². The van der Waals surface area contributed by atoms with E-state index in [4.69, 9.17) is 4.98 Å². The summed E-state index contributed by atoms with van der Waals surface area (Å²) in [5, 5.41) is 3.05. The first kappa shape index (κ1) is 19.7. The van der Waals surface area contributed by atoms with Gasteiger partial charge in [-0.1, -0.05) is 12.1 Å². The number of nitrogens with zero attached hydrogens (tertiary/aromatic N) is 4. The highest BCUT2D eigenvalue weighted by Crippen LogP contribution is 2.29. The molecule has 2 aliphatic heterocycles. The van der Waals surface area contributed by atoms with E-state index in [1.54, 1.807) is 0 Å². The number of amides is 3. The van der Waals surface area contributed by atoms with Gasteiger partial charge in [0, 0.05) is 57.5 Å². The third-order valence-corrected chi connectivity index (χ3v) is 6.37. The van der Waals surface area contributed by atoms with Gasteiger partial charge in [-0.25, -0.2) is 9.78 Å². The van der Waals surface area contributed by atoms with Crippen molar-refractivity contribution in [3.63, 3.8) is 0 Å². The van der Waals surface area contributed by atoms with Gasteiger partial charge in [0.05, 0.1) is 11.0 Å². The minimum Gasteiger partial charge on any atom is -0.340 e. The Labute approximate surface area is 172 Å². The van der Waals surface area contributed by atoms with E-state index in [1.807, 2.05) is 35.8 Å². The fourth-order valence-corrected chi connectivity index (χ4v) is 4.66. The summed E-state index contributed by atoms with van der Waals surface area (Å²) < 4.78 is 2.19. The molecule has 3 amide bonds. The predicted octanol–water partition coefficient (Wildman–Crippen LogP) is 2.72. The lowest BCUT2D eigenvalue weighted by Crippen LogP contribution is -2.45. The maximum atomic E-state index is 12.6. The monoisotopic (exact) mass is 397 g/mol. The van der Waals surface area contributed by atoms with E-state index < -0.39 is 0 Å². The largest absolute Gasteiger partial charge is 0.340 e.